The number of rotatable bonds is 5. The van der Waals surface area contributed by atoms with Gasteiger partial charge in [-0.15, -0.1) is 0 Å². The SMILES string of the molecule is COC(=O)C1(CNC(=O)OCc2ccccc2)CCN(C(=O)O)CC1. The van der Waals surface area contributed by atoms with Crippen LogP contribution in [0.15, 0.2) is 30.3 Å². The minimum Gasteiger partial charge on any atom is -0.469 e. The quantitative estimate of drug-likeness (QED) is 0.785. The molecule has 1 fully saturated rings. The molecule has 1 heterocycles. The van der Waals surface area contributed by atoms with Gasteiger partial charge in [-0.1, -0.05) is 30.3 Å². The molecule has 0 saturated carbocycles. The lowest BCUT2D eigenvalue weighted by Crippen LogP contribution is -2.51. The summed E-state index contributed by atoms with van der Waals surface area (Å²) >= 11 is 0. The lowest BCUT2D eigenvalue weighted by atomic mass is 9.78. The fourth-order valence-corrected chi connectivity index (χ4v) is 2.81. The molecule has 2 amide bonds. The van der Waals surface area contributed by atoms with Gasteiger partial charge in [0.2, 0.25) is 0 Å². The first kappa shape index (κ1) is 18.6. The van der Waals surface area contributed by atoms with Crippen LogP contribution in [0.4, 0.5) is 9.59 Å². The van der Waals surface area contributed by atoms with E-state index in [0.29, 0.717) is 0 Å². The number of hydrogen-bond acceptors (Lipinski definition) is 5. The summed E-state index contributed by atoms with van der Waals surface area (Å²) in [7, 11) is 1.28. The van der Waals surface area contributed by atoms with E-state index in [1.807, 2.05) is 30.3 Å². The Morgan fingerprint density at radius 3 is 2.40 bits per heavy atom. The van der Waals surface area contributed by atoms with Crippen LogP contribution in [0.5, 0.6) is 0 Å². The zero-order valence-corrected chi connectivity index (χ0v) is 14.1. The number of ether oxygens (including phenoxy) is 2. The largest absolute Gasteiger partial charge is 0.469 e. The van der Waals surface area contributed by atoms with Crippen molar-refractivity contribution < 1.29 is 29.0 Å². The van der Waals surface area contributed by atoms with Crippen molar-refractivity contribution in [2.24, 2.45) is 5.41 Å². The Labute approximate surface area is 145 Å². The van der Waals surface area contributed by atoms with Crippen LogP contribution >= 0.6 is 0 Å². The maximum Gasteiger partial charge on any atom is 0.407 e. The van der Waals surface area contributed by atoms with Crippen molar-refractivity contribution >= 4 is 18.2 Å². The number of carbonyl (C=O) groups is 3. The summed E-state index contributed by atoms with van der Waals surface area (Å²) in [5, 5.41) is 11.6. The highest BCUT2D eigenvalue weighted by Gasteiger charge is 2.43. The Morgan fingerprint density at radius 1 is 1.20 bits per heavy atom. The molecule has 8 heteroatoms. The summed E-state index contributed by atoms with van der Waals surface area (Å²) in [6.07, 6.45) is -1.09. The third kappa shape index (κ3) is 4.85. The number of benzene rings is 1. The molecule has 2 rings (SSSR count). The minimum atomic E-state index is -1.02. The van der Waals surface area contributed by atoms with E-state index < -0.39 is 23.6 Å². The van der Waals surface area contributed by atoms with Gasteiger partial charge in [-0.05, 0) is 18.4 Å². The van der Waals surface area contributed by atoms with Gasteiger partial charge >= 0.3 is 18.2 Å². The molecule has 8 nitrogen and oxygen atoms in total. The average molecular weight is 350 g/mol. The molecule has 1 aromatic rings. The highest BCUT2D eigenvalue weighted by atomic mass is 16.5. The van der Waals surface area contributed by atoms with E-state index >= 15 is 0 Å². The summed E-state index contributed by atoms with van der Waals surface area (Å²) in [6.45, 7) is 0.599. The zero-order valence-electron chi connectivity index (χ0n) is 14.1. The van der Waals surface area contributed by atoms with Gasteiger partial charge in [0, 0.05) is 19.6 Å². The number of likely N-dealkylation sites (tertiary alicyclic amines) is 1. The predicted molar refractivity (Wildman–Crippen MR) is 87.9 cm³/mol. The zero-order chi connectivity index (χ0) is 18.3. The number of esters is 1. The van der Waals surface area contributed by atoms with Crippen molar-refractivity contribution in [2.45, 2.75) is 19.4 Å². The second-order valence-corrected chi connectivity index (χ2v) is 5.96. The second-order valence-electron chi connectivity index (χ2n) is 5.96. The fourth-order valence-electron chi connectivity index (χ4n) is 2.81. The van der Waals surface area contributed by atoms with E-state index in [-0.39, 0.29) is 39.1 Å². The lowest BCUT2D eigenvalue weighted by Gasteiger charge is -2.38. The normalized spacial score (nSPS) is 16.0. The molecular weight excluding hydrogens is 328 g/mol. The number of alkyl carbamates (subject to hydrolysis) is 1. The first-order chi connectivity index (χ1) is 12.0. The number of amides is 2. The minimum absolute atomic E-state index is 0.0424. The van der Waals surface area contributed by atoms with Gasteiger partial charge in [-0.3, -0.25) is 4.79 Å². The second kappa shape index (κ2) is 8.36. The van der Waals surface area contributed by atoms with Gasteiger partial charge in [0.1, 0.15) is 6.61 Å². The van der Waals surface area contributed by atoms with Crippen molar-refractivity contribution in [3.63, 3.8) is 0 Å². The van der Waals surface area contributed by atoms with Crippen molar-refractivity contribution in [1.82, 2.24) is 10.2 Å². The van der Waals surface area contributed by atoms with Crippen LogP contribution in [-0.4, -0.2) is 54.9 Å². The summed E-state index contributed by atoms with van der Waals surface area (Å²) in [5.74, 6) is -0.458. The van der Waals surface area contributed by atoms with E-state index in [1.54, 1.807) is 0 Å². The molecule has 0 aliphatic carbocycles. The number of nitrogens with zero attached hydrogens (tertiary/aromatic N) is 1. The third-order valence-corrected chi connectivity index (χ3v) is 4.39. The van der Waals surface area contributed by atoms with E-state index in [2.05, 4.69) is 5.32 Å². The van der Waals surface area contributed by atoms with E-state index in [9.17, 15) is 14.4 Å². The molecule has 0 unspecified atom stereocenters. The van der Waals surface area contributed by atoms with Crippen LogP contribution in [0.25, 0.3) is 0 Å². The van der Waals surface area contributed by atoms with E-state index in [1.165, 1.54) is 12.0 Å². The van der Waals surface area contributed by atoms with E-state index in [4.69, 9.17) is 14.6 Å². The highest BCUT2D eigenvalue weighted by Crippen LogP contribution is 2.32. The van der Waals surface area contributed by atoms with Gasteiger partial charge in [0.25, 0.3) is 0 Å². The van der Waals surface area contributed by atoms with Crippen LogP contribution in [0.2, 0.25) is 0 Å². The molecule has 25 heavy (non-hydrogen) atoms. The number of carboxylic acid groups (broad SMARTS) is 1. The van der Waals surface area contributed by atoms with Crippen molar-refractivity contribution in [1.29, 1.82) is 0 Å². The van der Waals surface area contributed by atoms with Gasteiger partial charge < -0.3 is 24.8 Å². The number of methoxy groups -OCH3 is 1. The Morgan fingerprint density at radius 2 is 1.84 bits per heavy atom. The first-order valence-corrected chi connectivity index (χ1v) is 7.98. The molecule has 1 saturated heterocycles. The Bertz CT molecular complexity index is 611. The number of carbonyl (C=O) groups excluding carboxylic acids is 2. The summed E-state index contributed by atoms with van der Waals surface area (Å²) < 4.78 is 9.98. The molecular formula is C17H22N2O6. The molecule has 2 N–H and O–H groups in total. The average Bonchev–Trinajstić information content (AvgIpc) is 2.65. The van der Waals surface area contributed by atoms with Crippen molar-refractivity contribution in [3.05, 3.63) is 35.9 Å². The first-order valence-electron chi connectivity index (χ1n) is 7.98. The maximum atomic E-state index is 12.2. The molecule has 0 bridgehead atoms. The predicted octanol–water partition coefficient (Wildman–Crippen LogP) is 1.85. The van der Waals surface area contributed by atoms with Crippen molar-refractivity contribution in [2.75, 3.05) is 26.7 Å². The van der Waals surface area contributed by atoms with Crippen molar-refractivity contribution in [3.8, 4) is 0 Å². The maximum absolute atomic E-state index is 12.2. The van der Waals surface area contributed by atoms with Gasteiger partial charge in [0.15, 0.2) is 0 Å². The lowest BCUT2D eigenvalue weighted by molar-refractivity contribution is -0.155. The molecule has 1 aliphatic heterocycles. The standard InChI is InChI=1S/C17H22N2O6/c1-24-14(20)17(7-9-19(10-8-17)16(22)23)12-18-15(21)25-11-13-5-3-2-4-6-13/h2-6H,7-12H2,1H3,(H,18,21)(H,22,23). The van der Waals surface area contributed by atoms with Crippen LogP contribution in [-0.2, 0) is 20.9 Å². The van der Waals surface area contributed by atoms with E-state index in [0.717, 1.165) is 5.56 Å². The Kier molecular flexibility index (Phi) is 6.21. The molecule has 0 radical (unpaired) electrons. The fraction of sp³-hybridized carbons (Fsp3) is 0.471. The molecule has 0 aromatic heterocycles. The number of nitrogens with one attached hydrogen (secondary N) is 1. The van der Waals surface area contributed by atoms with Crippen LogP contribution in [0, 0.1) is 5.41 Å². The molecule has 1 aliphatic rings. The molecule has 0 spiro atoms. The monoisotopic (exact) mass is 350 g/mol. The summed E-state index contributed by atoms with van der Waals surface area (Å²) in [5.41, 5.74) is -0.0815. The van der Waals surface area contributed by atoms with Crippen LogP contribution < -0.4 is 5.32 Å². The highest BCUT2D eigenvalue weighted by molar-refractivity contribution is 5.79. The Hall–Kier alpha value is -2.77. The molecule has 0 atom stereocenters. The molecule has 136 valence electrons. The number of piperidine rings is 1. The van der Waals surface area contributed by atoms with Crippen LogP contribution in [0.3, 0.4) is 0 Å². The topological polar surface area (TPSA) is 105 Å². The smallest absolute Gasteiger partial charge is 0.407 e. The molecule has 1 aromatic carbocycles. The summed E-state index contributed by atoms with van der Waals surface area (Å²) in [4.78, 5) is 36.3. The van der Waals surface area contributed by atoms with Gasteiger partial charge in [-0.2, -0.15) is 0 Å². The summed E-state index contributed by atoms with van der Waals surface area (Å²) in [6, 6.07) is 9.24. The van der Waals surface area contributed by atoms with Gasteiger partial charge in [-0.25, -0.2) is 9.59 Å². The third-order valence-electron chi connectivity index (χ3n) is 4.39. The Balaban J connectivity index is 1.89. The number of hydrogen-bond donors (Lipinski definition) is 2. The van der Waals surface area contributed by atoms with Crippen LogP contribution in [0.1, 0.15) is 18.4 Å². The van der Waals surface area contributed by atoms with Gasteiger partial charge in [0.05, 0.1) is 12.5 Å².